The minimum absolute atomic E-state index is 0.0550. The summed E-state index contributed by atoms with van der Waals surface area (Å²) in [5, 5.41) is 43.5. The van der Waals surface area contributed by atoms with Gasteiger partial charge in [-0.05, 0) is 29.8 Å². The molecule has 39 heavy (non-hydrogen) atoms. The third-order valence-corrected chi connectivity index (χ3v) is 6.90. The molecule has 0 saturated carbocycles. The molecule has 0 amide bonds. The zero-order chi connectivity index (χ0) is 27.5. The summed E-state index contributed by atoms with van der Waals surface area (Å²) in [6.07, 6.45) is -0.0550. The van der Waals surface area contributed by atoms with Crippen molar-refractivity contribution >= 4 is 23.3 Å². The number of esters is 1. The van der Waals surface area contributed by atoms with Crippen LogP contribution in [0.1, 0.15) is 32.6 Å². The Kier molecular flexibility index (Phi) is 5.37. The molecule has 1 spiro atoms. The lowest BCUT2D eigenvalue weighted by molar-refractivity contribution is -0.138. The number of carbonyl (C=O) groups excluding carboxylic acids is 1. The summed E-state index contributed by atoms with van der Waals surface area (Å²) in [5.74, 6) is -1.71. The van der Waals surface area contributed by atoms with Gasteiger partial charge >= 0.3 is 11.9 Å². The summed E-state index contributed by atoms with van der Waals surface area (Å²) in [6.45, 7) is 0. The van der Waals surface area contributed by atoms with Gasteiger partial charge in [0.15, 0.2) is 5.60 Å². The Bertz CT molecular complexity index is 1680. The normalized spacial score (nSPS) is 17.4. The van der Waals surface area contributed by atoms with Gasteiger partial charge in [-0.15, -0.1) is 0 Å². The molecule has 10 nitrogen and oxygen atoms in total. The summed E-state index contributed by atoms with van der Waals surface area (Å²) in [6, 6.07) is 17.3. The van der Waals surface area contributed by atoms with Crippen molar-refractivity contribution in [3.05, 3.63) is 101 Å². The van der Waals surface area contributed by atoms with Crippen molar-refractivity contribution in [2.24, 2.45) is 5.73 Å². The molecule has 7 N–H and O–H groups in total. The van der Waals surface area contributed by atoms with Gasteiger partial charge in [-0.2, -0.15) is 0 Å². The number of nitrogens with two attached hydrogens (primary N) is 1. The van der Waals surface area contributed by atoms with E-state index in [1.165, 1.54) is 36.4 Å². The minimum atomic E-state index is -1.52. The molecular formula is C29H22N2O8. The van der Waals surface area contributed by atoms with Crippen molar-refractivity contribution < 1.29 is 39.5 Å². The number of rotatable bonds is 5. The average molecular weight is 527 g/mol. The van der Waals surface area contributed by atoms with Crippen LogP contribution in [0.2, 0.25) is 0 Å². The number of hydrogen-bond donors (Lipinski definition) is 6. The number of carbonyl (C=O) groups is 2. The zero-order valence-electron chi connectivity index (χ0n) is 20.2. The molecule has 196 valence electrons. The van der Waals surface area contributed by atoms with Gasteiger partial charge in [-0.1, -0.05) is 24.3 Å². The number of phenols is 3. The molecule has 2 heterocycles. The molecule has 0 radical (unpaired) electrons. The van der Waals surface area contributed by atoms with Crippen LogP contribution >= 0.6 is 0 Å². The van der Waals surface area contributed by atoms with E-state index < -0.39 is 23.6 Å². The maximum atomic E-state index is 13.2. The molecule has 4 aromatic rings. The Morgan fingerprint density at radius 1 is 0.872 bits per heavy atom. The summed E-state index contributed by atoms with van der Waals surface area (Å²) >= 11 is 0. The predicted octanol–water partition coefficient (Wildman–Crippen LogP) is 4.07. The van der Waals surface area contributed by atoms with Gasteiger partial charge in [0.2, 0.25) is 0 Å². The van der Waals surface area contributed by atoms with Gasteiger partial charge in [0, 0.05) is 47.5 Å². The van der Waals surface area contributed by atoms with Crippen LogP contribution < -0.4 is 15.8 Å². The second-order valence-corrected chi connectivity index (χ2v) is 9.38. The van der Waals surface area contributed by atoms with Crippen LogP contribution in [0.3, 0.4) is 0 Å². The molecule has 10 heteroatoms. The number of benzene rings is 4. The first-order valence-electron chi connectivity index (χ1n) is 12.0. The standard InChI is InChI=1S/C29H22N2O8/c30-21(27(35)36)9-14-5-6-15(32)10-22(14)31-23-11-17(34)13-25-26(23)29(20-8-7-16(33)12-24(20)38-25)19-4-2-1-3-18(19)28(37)39-29/h1-8,10-13,21,31-34H,9,30H2,(H,35,36). The van der Waals surface area contributed by atoms with E-state index in [2.05, 4.69) is 5.32 Å². The molecule has 2 atom stereocenters. The Hall–Kier alpha value is -5.22. The van der Waals surface area contributed by atoms with Crippen LogP contribution in [0.15, 0.2) is 72.8 Å². The predicted molar refractivity (Wildman–Crippen MR) is 139 cm³/mol. The van der Waals surface area contributed by atoms with E-state index in [9.17, 15) is 30.0 Å². The lowest BCUT2D eigenvalue weighted by Gasteiger charge is -2.38. The first kappa shape index (κ1) is 24.1. The monoisotopic (exact) mass is 526 g/mol. The summed E-state index contributed by atoms with van der Waals surface area (Å²) < 4.78 is 12.3. The van der Waals surface area contributed by atoms with Gasteiger partial charge in [0.05, 0.1) is 16.8 Å². The first-order chi connectivity index (χ1) is 18.7. The van der Waals surface area contributed by atoms with Crippen molar-refractivity contribution in [1.29, 1.82) is 0 Å². The molecule has 0 bridgehead atoms. The van der Waals surface area contributed by atoms with Gasteiger partial charge in [0.1, 0.15) is 34.8 Å². The van der Waals surface area contributed by atoms with E-state index in [0.29, 0.717) is 33.5 Å². The number of carboxylic acid groups (broad SMARTS) is 1. The number of aromatic hydroxyl groups is 3. The molecule has 0 fully saturated rings. The first-order valence-corrected chi connectivity index (χ1v) is 12.0. The van der Waals surface area contributed by atoms with Gasteiger partial charge in [0.25, 0.3) is 0 Å². The average Bonchev–Trinajstić information content (AvgIpc) is 3.17. The number of carboxylic acids is 1. The maximum Gasteiger partial charge on any atom is 0.340 e. The van der Waals surface area contributed by atoms with Crippen LogP contribution in [0.5, 0.6) is 28.7 Å². The van der Waals surface area contributed by atoms with E-state index in [0.717, 1.165) is 0 Å². The number of anilines is 2. The number of ether oxygens (including phenoxy) is 2. The van der Waals surface area contributed by atoms with Crippen LogP contribution in [0.4, 0.5) is 11.4 Å². The number of aliphatic carboxylic acids is 1. The Labute approximate surface area is 221 Å². The number of fused-ring (bicyclic) bond motifs is 6. The highest BCUT2D eigenvalue weighted by Gasteiger charge is 2.55. The number of phenolic OH excluding ortho intramolecular Hbond substituents is 3. The number of hydrogen-bond acceptors (Lipinski definition) is 9. The summed E-state index contributed by atoms with van der Waals surface area (Å²) in [4.78, 5) is 24.6. The number of nitrogens with one attached hydrogen (secondary N) is 1. The van der Waals surface area contributed by atoms with Gasteiger partial charge in [-0.25, -0.2) is 4.79 Å². The Morgan fingerprint density at radius 2 is 1.56 bits per heavy atom. The van der Waals surface area contributed by atoms with E-state index in [1.807, 2.05) is 0 Å². The maximum absolute atomic E-state index is 13.2. The minimum Gasteiger partial charge on any atom is -0.508 e. The van der Waals surface area contributed by atoms with Crippen molar-refractivity contribution in [1.82, 2.24) is 0 Å². The van der Waals surface area contributed by atoms with Crippen molar-refractivity contribution in [3.8, 4) is 28.7 Å². The Balaban J connectivity index is 1.60. The fourth-order valence-electron chi connectivity index (χ4n) is 5.21. The largest absolute Gasteiger partial charge is 0.508 e. The van der Waals surface area contributed by atoms with Crippen LogP contribution in [-0.2, 0) is 21.6 Å². The second-order valence-electron chi connectivity index (χ2n) is 9.38. The van der Waals surface area contributed by atoms with Crippen molar-refractivity contribution in [2.75, 3.05) is 5.32 Å². The van der Waals surface area contributed by atoms with E-state index in [-0.39, 0.29) is 40.9 Å². The lowest BCUT2D eigenvalue weighted by Crippen LogP contribution is -2.34. The van der Waals surface area contributed by atoms with Gasteiger partial charge < -0.3 is 41.0 Å². The van der Waals surface area contributed by atoms with E-state index in [4.69, 9.17) is 15.2 Å². The zero-order valence-corrected chi connectivity index (χ0v) is 20.2. The second kappa shape index (κ2) is 8.67. The lowest BCUT2D eigenvalue weighted by atomic mass is 9.76. The highest BCUT2D eigenvalue weighted by Crippen LogP contribution is 2.59. The molecule has 2 aliphatic rings. The molecule has 4 aromatic carbocycles. The third kappa shape index (κ3) is 3.77. The summed E-state index contributed by atoms with van der Waals surface area (Å²) in [7, 11) is 0. The molecule has 2 aliphatic heterocycles. The highest BCUT2D eigenvalue weighted by atomic mass is 16.6. The van der Waals surface area contributed by atoms with Crippen molar-refractivity contribution in [2.45, 2.75) is 18.1 Å². The van der Waals surface area contributed by atoms with Gasteiger partial charge in [-0.3, -0.25) is 4.79 Å². The van der Waals surface area contributed by atoms with Crippen LogP contribution in [0.25, 0.3) is 0 Å². The molecule has 0 saturated heterocycles. The summed E-state index contributed by atoms with van der Waals surface area (Å²) in [5.41, 5.74) is 7.02. The fourth-order valence-corrected chi connectivity index (χ4v) is 5.21. The topological polar surface area (TPSA) is 172 Å². The molecular weight excluding hydrogens is 504 g/mol. The van der Waals surface area contributed by atoms with Crippen molar-refractivity contribution in [3.63, 3.8) is 0 Å². The molecule has 0 aromatic heterocycles. The molecule has 6 rings (SSSR count). The Morgan fingerprint density at radius 3 is 2.36 bits per heavy atom. The smallest absolute Gasteiger partial charge is 0.340 e. The molecule has 0 aliphatic carbocycles. The highest BCUT2D eigenvalue weighted by molar-refractivity contribution is 5.98. The van der Waals surface area contributed by atoms with Crippen LogP contribution in [-0.4, -0.2) is 38.4 Å². The molecule has 2 unspecified atom stereocenters. The third-order valence-electron chi connectivity index (χ3n) is 6.90. The van der Waals surface area contributed by atoms with E-state index >= 15 is 0 Å². The quantitative estimate of drug-likeness (QED) is 0.208. The van der Waals surface area contributed by atoms with E-state index in [1.54, 1.807) is 36.4 Å². The SMILES string of the molecule is NC(Cc1ccc(O)cc1Nc1cc(O)cc2c1C1(OC(=O)c3ccccc31)c1ccc(O)cc1O2)C(=O)O. The van der Waals surface area contributed by atoms with Crippen LogP contribution in [0, 0.1) is 0 Å². The fraction of sp³-hybridized carbons (Fsp3) is 0.103.